The van der Waals surface area contributed by atoms with Crippen molar-refractivity contribution in [1.82, 2.24) is 14.9 Å². The van der Waals surface area contributed by atoms with Crippen molar-refractivity contribution in [3.8, 4) is 0 Å². The summed E-state index contributed by atoms with van der Waals surface area (Å²) in [5.74, 6) is 6.64. The molecule has 0 saturated carbocycles. The number of nitrogens with two attached hydrogens (primary N) is 2. The van der Waals surface area contributed by atoms with Gasteiger partial charge in [-0.3, -0.25) is 0 Å². The van der Waals surface area contributed by atoms with Crippen LogP contribution in [0.4, 0.5) is 5.95 Å². The zero-order chi connectivity index (χ0) is 11.4. The Labute approximate surface area is 94.1 Å². The topological polar surface area (TPSA) is 82.8 Å². The van der Waals surface area contributed by atoms with Crippen molar-refractivity contribution in [2.45, 2.75) is 19.3 Å². The molecule has 0 bridgehead atoms. The molecule has 2 rings (SSSR count). The summed E-state index contributed by atoms with van der Waals surface area (Å²) in [5.41, 5.74) is 6.81. The molecular formula is C11H15N5. The highest BCUT2D eigenvalue weighted by Crippen LogP contribution is 2.06. The summed E-state index contributed by atoms with van der Waals surface area (Å²) < 4.78 is 1.34. The van der Waals surface area contributed by atoms with E-state index in [1.807, 2.05) is 18.2 Å². The van der Waals surface area contributed by atoms with Gasteiger partial charge in [-0.2, -0.15) is 0 Å². The van der Waals surface area contributed by atoms with Gasteiger partial charge in [-0.05, 0) is 18.4 Å². The normalized spacial score (nSPS) is 10.5. The van der Waals surface area contributed by atoms with Crippen LogP contribution in [0.15, 0.2) is 30.3 Å². The number of rotatable bonds is 4. The molecule has 0 fully saturated rings. The number of aromatic nitrogens is 3. The molecule has 0 radical (unpaired) electrons. The summed E-state index contributed by atoms with van der Waals surface area (Å²) in [6.45, 7) is 0. The van der Waals surface area contributed by atoms with Gasteiger partial charge in [-0.1, -0.05) is 30.3 Å². The van der Waals surface area contributed by atoms with E-state index < -0.39 is 0 Å². The first-order chi connectivity index (χ1) is 7.77. The van der Waals surface area contributed by atoms with E-state index in [4.69, 9.17) is 11.6 Å². The van der Waals surface area contributed by atoms with E-state index in [0.29, 0.717) is 0 Å². The molecule has 4 N–H and O–H groups in total. The van der Waals surface area contributed by atoms with E-state index in [0.717, 1.165) is 25.1 Å². The van der Waals surface area contributed by atoms with Crippen LogP contribution in [-0.2, 0) is 12.8 Å². The van der Waals surface area contributed by atoms with Crippen molar-refractivity contribution in [3.05, 3.63) is 41.7 Å². The minimum atomic E-state index is 0.259. The molecule has 1 aromatic heterocycles. The first-order valence-corrected chi connectivity index (χ1v) is 5.26. The van der Waals surface area contributed by atoms with Crippen LogP contribution in [0.1, 0.15) is 17.8 Å². The van der Waals surface area contributed by atoms with Crippen molar-refractivity contribution in [1.29, 1.82) is 0 Å². The van der Waals surface area contributed by atoms with Gasteiger partial charge in [0, 0.05) is 6.42 Å². The van der Waals surface area contributed by atoms with E-state index in [2.05, 4.69) is 22.3 Å². The Hall–Kier alpha value is -2.04. The molecule has 1 heterocycles. The SMILES string of the molecule is Nc1nnc(CCCc2ccccc2)n1N. The molecule has 16 heavy (non-hydrogen) atoms. The molecule has 0 aliphatic carbocycles. The van der Waals surface area contributed by atoms with Crippen molar-refractivity contribution in [2.75, 3.05) is 11.6 Å². The van der Waals surface area contributed by atoms with Crippen LogP contribution in [0.2, 0.25) is 0 Å². The highest BCUT2D eigenvalue weighted by molar-refractivity contribution is 5.18. The van der Waals surface area contributed by atoms with E-state index in [1.165, 1.54) is 10.2 Å². The van der Waals surface area contributed by atoms with Gasteiger partial charge in [-0.25, -0.2) is 4.68 Å². The lowest BCUT2D eigenvalue weighted by Crippen LogP contribution is -2.15. The summed E-state index contributed by atoms with van der Waals surface area (Å²) in [6.07, 6.45) is 2.78. The van der Waals surface area contributed by atoms with Crippen molar-refractivity contribution in [3.63, 3.8) is 0 Å². The van der Waals surface area contributed by atoms with Crippen LogP contribution in [0.25, 0.3) is 0 Å². The standard InChI is InChI=1S/C11H15N5/c12-11-15-14-10(16(11)13)8-4-7-9-5-2-1-3-6-9/h1-3,5-6H,4,7-8,13H2,(H2,12,15). The Bertz CT molecular complexity index is 449. The zero-order valence-electron chi connectivity index (χ0n) is 9.00. The quantitative estimate of drug-likeness (QED) is 0.740. The van der Waals surface area contributed by atoms with Crippen LogP contribution in [0.3, 0.4) is 0 Å². The molecule has 0 aliphatic rings. The first-order valence-electron chi connectivity index (χ1n) is 5.26. The fraction of sp³-hybridized carbons (Fsp3) is 0.273. The Morgan fingerprint density at radius 2 is 1.81 bits per heavy atom. The number of nitrogen functional groups attached to an aromatic ring is 2. The molecule has 1 aromatic carbocycles. The highest BCUT2D eigenvalue weighted by atomic mass is 15.4. The lowest BCUT2D eigenvalue weighted by Gasteiger charge is -2.01. The number of anilines is 1. The van der Waals surface area contributed by atoms with Crippen molar-refractivity contribution in [2.24, 2.45) is 0 Å². The van der Waals surface area contributed by atoms with E-state index >= 15 is 0 Å². The Morgan fingerprint density at radius 1 is 1.06 bits per heavy atom. The Morgan fingerprint density at radius 3 is 2.44 bits per heavy atom. The minimum absolute atomic E-state index is 0.259. The zero-order valence-corrected chi connectivity index (χ0v) is 9.00. The van der Waals surface area contributed by atoms with Gasteiger partial charge < -0.3 is 11.6 Å². The summed E-state index contributed by atoms with van der Waals surface area (Å²) in [5, 5.41) is 7.62. The maximum Gasteiger partial charge on any atom is 0.240 e. The number of hydrogen-bond donors (Lipinski definition) is 2. The van der Waals surface area contributed by atoms with Gasteiger partial charge in [0.2, 0.25) is 5.95 Å². The summed E-state index contributed by atoms with van der Waals surface area (Å²) >= 11 is 0. The molecule has 84 valence electrons. The fourth-order valence-corrected chi connectivity index (χ4v) is 1.60. The largest absolute Gasteiger partial charge is 0.366 e. The lowest BCUT2D eigenvalue weighted by atomic mass is 10.1. The molecule has 0 unspecified atom stereocenters. The maximum absolute atomic E-state index is 5.65. The third-order valence-electron chi connectivity index (χ3n) is 2.50. The highest BCUT2D eigenvalue weighted by Gasteiger charge is 2.05. The molecular weight excluding hydrogens is 202 g/mol. The maximum atomic E-state index is 5.65. The van der Waals surface area contributed by atoms with Crippen LogP contribution in [-0.4, -0.2) is 14.9 Å². The van der Waals surface area contributed by atoms with Crippen molar-refractivity contribution < 1.29 is 0 Å². The molecule has 0 amide bonds. The molecule has 2 aromatic rings. The molecule has 0 aliphatic heterocycles. The van der Waals surface area contributed by atoms with Crippen LogP contribution in [0, 0.1) is 0 Å². The smallest absolute Gasteiger partial charge is 0.240 e. The minimum Gasteiger partial charge on any atom is -0.366 e. The predicted molar refractivity (Wildman–Crippen MR) is 63.1 cm³/mol. The number of benzene rings is 1. The summed E-state index contributed by atoms with van der Waals surface area (Å²) in [7, 11) is 0. The van der Waals surface area contributed by atoms with Crippen LogP contribution in [0.5, 0.6) is 0 Å². The molecule has 0 atom stereocenters. The molecule has 0 spiro atoms. The van der Waals surface area contributed by atoms with E-state index in [1.54, 1.807) is 0 Å². The average Bonchev–Trinajstić information content (AvgIpc) is 2.62. The Balaban J connectivity index is 1.87. The molecule has 5 heteroatoms. The lowest BCUT2D eigenvalue weighted by molar-refractivity contribution is 0.742. The van der Waals surface area contributed by atoms with Gasteiger partial charge in [0.05, 0.1) is 0 Å². The van der Waals surface area contributed by atoms with Crippen molar-refractivity contribution >= 4 is 5.95 Å². The van der Waals surface area contributed by atoms with E-state index in [9.17, 15) is 0 Å². The fourth-order valence-electron chi connectivity index (χ4n) is 1.60. The first kappa shape index (κ1) is 10.5. The van der Waals surface area contributed by atoms with Crippen LogP contribution >= 0.6 is 0 Å². The third-order valence-corrected chi connectivity index (χ3v) is 2.50. The van der Waals surface area contributed by atoms with Gasteiger partial charge in [-0.15, -0.1) is 10.2 Å². The average molecular weight is 217 g/mol. The number of aryl methyl sites for hydroxylation is 2. The second-order valence-electron chi connectivity index (χ2n) is 3.68. The second kappa shape index (κ2) is 4.65. The molecule has 0 saturated heterocycles. The van der Waals surface area contributed by atoms with Gasteiger partial charge in [0.25, 0.3) is 0 Å². The monoisotopic (exact) mass is 217 g/mol. The van der Waals surface area contributed by atoms with Gasteiger partial charge in [0.15, 0.2) is 5.82 Å². The number of hydrogen-bond acceptors (Lipinski definition) is 4. The third kappa shape index (κ3) is 2.31. The summed E-state index contributed by atoms with van der Waals surface area (Å²) in [6, 6.07) is 10.3. The second-order valence-corrected chi connectivity index (χ2v) is 3.68. The predicted octanol–water partition coefficient (Wildman–Crippen LogP) is 0.749. The van der Waals surface area contributed by atoms with Crippen LogP contribution < -0.4 is 11.6 Å². The summed E-state index contributed by atoms with van der Waals surface area (Å²) in [4.78, 5) is 0. The van der Waals surface area contributed by atoms with E-state index in [-0.39, 0.29) is 5.95 Å². The van der Waals surface area contributed by atoms with Gasteiger partial charge in [0.1, 0.15) is 0 Å². The number of nitrogens with zero attached hydrogens (tertiary/aromatic N) is 3. The molecule has 5 nitrogen and oxygen atoms in total. The van der Waals surface area contributed by atoms with Gasteiger partial charge >= 0.3 is 0 Å². The Kier molecular flexibility index (Phi) is 3.05.